The molecule has 0 radical (unpaired) electrons. The molecule has 1 heterocycles. The van der Waals surface area contributed by atoms with E-state index >= 15 is 0 Å². The van der Waals surface area contributed by atoms with E-state index in [1.165, 1.54) is 0 Å². The van der Waals surface area contributed by atoms with Gasteiger partial charge in [0.1, 0.15) is 0 Å². The summed E-state index contributed by atoms with van der Waals surface area (Å²) in [7, 11) is 0. The van der Waals surface area contributed by atoms with E-state index in [9.17, 15) is 0 Å². The van der Waals surface area contributed by atoms with Crippen molar-refractivity contribution in [2.45, 2.75) is 26.3 Å². The van der Waals surface area contributed by atoms with Crippen LogP contribution >= 0.6 is 34.2 Å². The van der Waals surface area contributed by atoms with Crippen LogP contribution in [-0.4, -0.2) is 17.6 Å². The van der Waals surface area contributed by atoms with Gasteiger partial charge < -0.3 is 9.73 Å². The molecule has 102 valence electrons. The van der Waals surface area contributed by atoms with Crippen LogP contribution in [-0.2, 0) is 6.42 Å². The number of hydrogen-bond acceptors (Lipinski definition) is 3. The lowest BCUT2D eigenvalue weighted by Gasteiger charge is -2.05. The van der Waals surface area contributed by atoms with E-state index in [0.29, 0.717) is 11.1 Å². The third kappa shape index (κ3) is 4.19. The van der Waals surface area contributed by atoms with Gasteiger partial charge in [0.15, 0.2) is 11.7 Å². The van der Waals surface area contributed by atoms with E-state index in [1.54, 1.807) is 6.20 Å². The highest BCUT2D eigenvalue weighted by Crippen LogP contribution is 2.28. The van der Waals surface area contributed by atoms with Crippen molar-refractivity contribution < 1.29 is 4.42 Å². The van der Waals surface area contributed by atoms with Crippen molar-refractivity contribution in [3.63, 3.8) is 0 Å². The monoisotopic (exact) mass is 390 g/mol. The highest BCUT2D eigenvalue weighted by molar-refractivity contribution is 14.1. The van der Waals surface area contributed by atoms with Crippen molar-refractivity contribution >= 4 is 34.2 Å². The average Bonchev–Trinajstić information content (AvgIpc) is 2.80. The van der Waals surface area contributed by atoms with Gasteiger partial charge in [-0.05, 0) is 40.8 Å². The summed E-state index contributed by atoms with van der Waals surface area (Å²) in [6.07, 6.45) is 2.55. The molecule has 1 aromatic carbocycles. The molecule has 0 aliphatic heterocycles. The minimum atomic E-state index is 0.475. The average molecular weight is 391 g/mol. The van der Waals surface area contributed by atoms with Gasteiger partial charge in [0.2, 0.25) is 0 Å². The molecule has 0 aliphatic rings. The second-order valence-corrected chi connectivity index (χ2v) is 6.20. The summed E-state index contributed by atoms with van der Waals surface area (Å²) in [6, 6.07) is 6.22. The minimum Gasteiger partial charge on any atom is -0.441 e. The predicted molar refractivity (Wildman–Crippen MR) is 86.5 cm³/mol. The molecule has 0 unspecified atom stereocenters. The van der Waals surface area contributed by atoms with Crippen LogP contribution < -0.4 is 5.32 Å². The first kappa shape index (κ1) is 14.8. The van der Waals surface area contributed by atoms with Crippen LogP contribution in [0.1, 0.15) is 19.7 Å². The highest BCUT2D eigenvalue weighted by Gasteiger charge is 2.10. The molecule has 0 saturated heterocycles. The van der Waals surface area contributed by atoms with E-state index in [1.807, 2.05) is 18.2 Å². The Balaban J connectivity index is 2.10. The van der Waals surface area contributed by atoms with Crippen molar-refractivity contribution in [1.82, 2.24) is 10.3 Å². The van der Waals surface area contributed by atoms with Gasteiger partial charge in [0.05, 0.1) is 6.20 Å². The zero-order chi connectivity index (χ0) is 13.8. The Labute approximate surface area is 131 Å². The molecule has 2 aromatic rings. The Hall–Kier alpha value is -0.590. The summed E-state index contributed by atoms with van der Waals surface area (Å²) in [5.41, 5.74) is 0.990. The summed E-state index contributed by atoms with van der Waals surface area (Å²) in [4.78, 5) is 4.31. The maximum absolute atomic E-state index is 6.02. The Bertz CT molecular complexity index is 554. The van der Waals surface area contributed by atoms with Gasteiger partial charge in [-0.1, -0.05) is 25.4 Å². The quantitative estimate of drug-likeness (QED) is 0.780. The third-order valence-electron chi connectivity index (χ3n) is 2.64. The molecule has 19 heavy (non-hydrogen) atoms. The summed E-state index contributed by atoms with van der Waals surface area (Å²) in [5.74, 6) is 1.52. The van der Waals surface area contributed by atoms with Crippen molar-refractivity contribution in [2.24, 2.45) is 0 Å². The van der Waals surface area contributed by atoms with Crippen molar-refractivity contribution in [3.05, 3.63) is 38.9 Å². The van der Waals surface area contributed by atoms with Crippen LogP contribution in [0.2, 0.25) is 5.02 Å². The first-order valence-corrected chi connectivity index (χ1v) is 7.65. The van der Waals surface area contributed by atoms with Gasteiger partial charge in [0.25, 0.3) is 0 Å². The molecule has 5 heteroatoms. The van der Waals surface area contributed by atoms with Gasteiger partial charge in [-0.2, -0.15) is 0 Å². The standard InChI is InChI=1S/C14H16ClIN2O/c1-9(2)17-6-5-14-18-8-13(19-14)11-7-10(15)3-4-12(11)16/h3-4,7-9,17H,5-6H2,1-2H3. The van der Waals surface area contributed by atoms with Crippen LogP contribution in [0.15, 0.2) is 28.8 Å². The van der Waals surface area contributed by atoms with Crippen LogP contribution in [0.25, 0.3) is 11.3 Å². The second kappa shape index (κ2) is 6.72. The maximum Gasteiger partial charge on any atom is 0.196 e. The molecule has 2 rings (SSSR count). The van der Waals surface area contributed by atoms with Gasteiger partial charge >= 0.3 is 0 Å². The van der Waals surface area contributed by atoms with E-state index in [2.05, 4.69) is 46.7 Å². The molecule has 1 aromatic heterocycles. The van der Waals surface area contributed by atoms with E-state index < -0.39 is 0 Å². The number of nitrogens with zero attached hydrogens (tertiary/aromatic N) is 1. The SMILES string of the molecule is CC(C)NCCc1ncc(-c2cc(Cl)ccc2I)o1. The van der Waals surface area contributed by atoms with Gasteiger partial charge in [-0.3, -0.25) is 0 Å². The van der Waals surface area contributed by atoms with Gasteiger partial charge in [0, 0.05) is 33.2 Å². The number of nitrogens with one attached hydrogen (secondary N) is 1. The molecule has 0 atom stereocenters. The van der Waals surface area contributed by atoms with E-state index in [0.717, 1.165) is 33.8 Å². The van der Waals surface area contributed by atoms with Crippen molar-refractivity contribution in [1.29, 1.82) is 0 Å². The Morgan fingerprint density at radius 3 is 2.95 bits per heavy atom. The Morgan fingerprint density at radius 2 is 2.21 bits per heavy atom. The first-order valence-electron chi connectivity index (χ1n) is 6.20. The molecule has 0 bridgehead atoms. The molecular formula is C14H16ClIN2O. The van der Waals surface area contributed by atoms with E-state index in [-0.39, 0.29) is 0 Å². The minimum absolute atomic E-state index is 0.475. The molecule has 0 saturated carbocycles. The maximum atomic E-state index is 6.02. The van der Waals surface area contributed by atoms with Gasteiger partial charge in [-0.25, -0.2) is 4.98 Å². The summed E-state index contributed by atoms with van der Waals surface area (Å²) >= 11 is 8.28. The largest absolute Gasteiger partial charge is 0.441 e. The second-order valence-electron chi connectivity index (χ2n) is 4.60. The zero-order valence-electron chi connectivity index (χ0n) is 10.9. The summed E-state index contributed by atoms with van der Waals surface area (Å²) in [6.45, 7) is 5.11. The van der Waals surface area contributed by atoms with Crippen LogP contribution in [0.5, 0.6) is 0 Å². The first-order chi connectivity index (χ1) is 9.06. The number of aromatic nitrogens is 1. The molecule has 1 N–H and O–H groups in total. The smallest absolute Gasteiger partial charge is 0.196 e. The fourth-order valence-electron chi connectivity index (χ4n) is 1.70. The molecule has 3 nitrogen and oxygen atoms in total. The lowest BCUT2D eigenvalue weighted by atomic mass is 10.2. The normalized spacial score (nSPS) is 11.2. The van der Waals surface area contributed by atoms with Crippen LogP contribution in [0, 0.1) is 3.57 Å². The number of rotatable bonds is 5. The molecular weight excluding hydrogens is 375 g/mol. The molecule has 0 amide bonds. The number of oxazole rings is 1. The third-order valence-corrected chi connectivity index (χ3v) is 3.81. The Morgan fingerprint density at radius 1 is 1.42 bits per heavy atom. The Kier molecular flexibility index (Phi) is 5.24. The fraction of sp³-hybridized carbons (Fsp3) is 0.357. The molecule has 0 fully saturated rings. The number of benzene rings is 1. The highest BCUT2D eigenvalue weighted by atomic mass is 127. The van der Waals surface area contributed by atoms with Gasteiger partial charge in [-0.15, -0.1) is 0 Å². The lowest BCUT2D eigenvalue weighted by molar-refractivity contribution is 0.484. The molecule has 0 aliphatic carbocycles. The summed E-state index contributed by atoms with van der Waals surface area (Å²) < 4.78 is 6.87. The van der Waals surface area contributed by atoms with Crippen molar-refractivity contribution in [3.8, 4) is 11.3 Å². The zero-order valence-corrected chi connectivity index (χ0v) is 13.8. The summed E-state index contributed by atoms with van der Waals surface area (Å²) in [5, 5.41) is 4.04. The van der Waals surface area contributed by atoms with Crippen LogP contribution in [0.4, 0.5) is 0 Å². The predicted octanol–water partition coefficient (Wildman–Crippen LogP) is 4.14. The van der Waals surface area contributed by atoms with Crippen molar-refractivity contribution in [2.75, 3.05) is 6.54 Å². The lowest BCUT2D eigenvalue weighted by Crippen LogP contribution is -2.24. The van der Waals surface area contributed by atoms with Crippen LogP contribution in [0.3, 0.4) is 0 Å². The van der Waals surface area contributed by atoms with E-state index in [4.69, 9.17) is 16.0 Å². The number of hydrogen-bond donors (Lipinski definition) is 1. The topological polar surface area (TPSA) is 38.1 Å². The fourth-order valence-corrected chi connectivity index (χ4v) is 2.48. The molecule has 0 spiro atoms. The number of halogens is 2.